The van der Waals surface area contributed by atoms with Crippen molar-refractivity contribution >= 4 is 21.5 Å². The lowest BCUT2D eigenvalue weighted by atomic mass is 9.82. The standard InChI is InChI=1S/C33H20F8/c1-2-18-3-5-19(6-4-18)7-8-20-9-10-24-21(13-20)15-27(35)29(31(24)37)23-14-22-16-26(34)25(11-12-33(39,40)41)32(38)30(22)28(36)17-23/h2,9-10,13-19H,1,3-6H2. The number of hydrogen-bond donors (Lipinski definition) is 0. The molecule has 0 N–H and O–H groups in total. The number of rotatable bonds is 2. The summed E-state index contributed by atoms with van der Waals surface area (Å²) in [5.74, 6) is 2.55. The molecular formula is C33H20F8. The van der Waals surface area contributed by atoms with Gasteiger partial charge in [-0.1, -0.05) is 29.9 Å². The van der Waals surface area contributed by atoms with Gasteiger partial charge in [0.2, 0.25) is 0 Å². The molecule has 0 aromatic heterocycles. The first kappa shape index (κ1) is 28.2. The molecule has 1 aliphatic rings. The molecule has 0 aliphatic heterocycles. The minimum Gasteiger partial charge on any atom is -0.206 e. The van der Waals surface area contributed by atoms with Gasteiger partial charge in [-0.3, -0.25) is 0 Å². The van der Waals surface area contributed by atoms with Crippen molar-refractivity contribution < 1.29 is 35.1 Å². The van der Waals surface area contributed by atoms with Crippen molar-refractivity contribution in [1.29, 1.82) is 0 Å². The zero-order chi connectivity index (χ0) is 29.5. The summed E-state index contributed by atoms with van der Waals surface area (Å²) in [5.41, 5.74) is -1.67. The summed E-state index contributed by atoms with van der Waals surface area (Å²) in [6.45, 7) is 3.83. The Hall–Kier alpha value is -4.30. The van der Waals surface area contributed by atoms with Gasteiger partial charge in [0.05, 0.1) is 16.5 Å². The molecule has 8 heteroatoms. The molecule has 1 fully saturated rings. The van der Waals surface area contributed by atoms with Crippen LogP contribution < -0.4 is 0 Å². The molecule has 4 aromatic carbocycles. The van der Waals surface area contributed by atoms with Crippen LogP contribution in [0.2, 0.25) is 0 Å². The molecule has 0 atom stereocenters. The predicted octanol–water partition coefficient (Wildman–Crippen LogP) is 9.61. The summed E-state index contributed by atoms with van der Waals surface area (Å²) in [7, 11) is 0. The van der Waals surface area contributed by atoms with Gasteiger partial charge in [0.25, 0.3) is 0 Å². The first-order chi connectivity index (χ1) is 19.4. The highest BCUT2D eigenvalue weighted by Gasteiger charge is 2.25. The Morgan fingerprint density at radius 2 is 1.46 bits per heavy atom. The summed E-state index contributed by atoms with van der Waals surface area (Å²) in [6, 6.07) is 7.78. The molecule has 4 aromatic rings. The third-order valence-corrected chi connectivity index (χ3v) is 7.25. The third-order valence-electron chi connectivity index (χ3n) is 7.25. The first-order valence-electron chi connectivity index (χ1n) is 12.7. The van der Waals surface area contributed by atoms with E-state index in [4.69, 9.17) is 0 Å². The number of halogens is 8. The van der Waals surface area contributed by atoms with Crippen LogP contribution in [-0.2, 0) is 0 Å². The van der Waals surface area contributed by atoms with Crippen LogP contribution in [0, 0.1) is 64.6 Å². The molecule has 0 amide bonds. The number of hydrogen-bond acceptors (Lipinski definition) is 0. The van der Waals surface area contributed by atoms with Crippen LogP contribution in [0.1, 0.15) is 36.8 Å². The topological polar surface area (TPSA) is 0 Å². The fourth-order valence-electron chi connectivity index (χ4n) is 5.16. The molecule has 1 aliphatic carbocycles. The van der Waals surface area contributed by atoms with Crippen molar-refractivity contribution in [2.45, 2.75) is 31.9 Å². The van der Waals surface area contributed by atoms with E-state index in [9.17, 15) is 26.3 Å². The lowest BCUT2D eigenvalue weighted by molar-refractivity contribution is -0.0696. The quantitative estimate of drug-likeness (QED) is 0.128. The molecule has 0 nitrogen and oxygen atoms in total. The minimum absolute atomic E-state index is 0.0223. The molecule has 0 radical (unpaired) electrons. The maximum absolute atomic E-state index is 15.6. The van der Waals surface area contributed by atoms with E-state index in [1.807, 2.05) is 6.08 Å². The average Bonchev–Trinajstić information content (AvgIpc) is 2.91. The molecule has 0 spiro atoms. The lowest BCUT2D eigenvalue weighted by Gasteiger charge is -2.22. The fraction of sp³-hybridized carbons (Fsp3) is 0.212. The van der Waals surface area contributed by atoms with E-state index < -0.39 is 57.2 Å². The Morgan fingerprint density at radius 3 is 2.15 bits per heavy atom. The molecule has 0 bridgehead atoms. The van der Waals surface area contributed by atoms with E-state index in [0.717, 1.165) is 43.7 Å². The number of alkyl halides is 3. The Kier molecular flexibility index (Phi) is 7.53. The maximum atomic E-state index is 15.6. The second-order valence-electron chi connectivity index (χ2n) is 9.95. The molecular weight excluding hydrogens is 548 g/mol. The van der Waals surface area contributed by atoms with Crippen LogP contribution in [0.25, 0.3) is 32.7 Å². The Labute approximate surface area is 230 Å². The van der Waals surface area contributed by atoms with Crippen LogP contribution in [-0.4, -0.2) is 6.18 Å². The Bertz CT molecular complexity index is 1820. The minimum atomic E-state index is -5.03. The van der Waals surface area contributed by atoms with Crippen molar-refractivity contribution in [3.8, 4) is 34.8 Å². The fourth-order valence-corrected chi connectivity index (χ4v) is 5.16. The highest BCUT2D eigenvalue weighted by atomic mass is 19.4. The van der Waals surface area contributed by atoms with Crippen LogP contribution in [0.5, 0.6) is 0 Å². The highest BCUT2D eigenvalue weighted by Crippen LogP contribution is 2.36. The largest absolute Gasteiger partial charge is 0.458 e. The van der Waals surface area contributed by atoms with Gasteiger partial charge in [0.15, 0.2) is 5.82 Å². The van der Waals surface area contributed by atoms with Gasteiger partial charge >= 0.3 is 6.18 Å². The number of fused-ring (bicyclic) bond motifs is 2. The maximum Gasteiger partial charge on any atom is 0.458 e. The van der Waals surface area contributed by atoms with Crippen LogP contribution in [0.15, 0.2) is 55.1 Å². The SMILES string of the molecule is C=CC1CCC(C#Cc2ccc3c(F)c(-c4cc(F)c5c(F)c(C#CC(F)(F)F)c(F)cc5c4)c(F)cc3c2)CC1. The van der Waals surface area contributed by atoms with Gasteiger partial charge in [-0.25, -0.2) is 22.0 Å². The van der Waals surface area contributed by atoms with Crippen molar-refractivity contribution in [3.63, 3.8) is 0 Å². The van der Waals surface area contributed by atoms with Gasteiger partial charge in [-0.05, 0) is 84.3 Å². The second-order valence-corrected chi connectivity index (χ2v) is 9.95. The van der Waals surface area contributed by atoms with Crippen molar-refractivity contribution in [1.82, 2.24) is 0 Å². The monoisotopic (exact) mass is 568 g/mol. The van der Waals surface area contributed by atoms with Gasteiger partial charge in [0.1, 0.15) is 23.3 Å². The Balaban J connectivity index is 1.53. The zero-order valence-corrected chi connectivity index (χ0v) is 21.3. The van der Waals surface area contributed by atoms with E-state index in [1.165, 1.54) is 12.0 Å². The highest BCUT2D eigenvalue weighted by molar-refractivity contribution is 5.93. The number of allylic oxidation sites excluding steroid dienone is 1. The average molecular weight is 569 g/mol. The summed E-state index contributed by atoms with van der Waals surface area (Å²) in [6.07, 6.45) is 0.856. The van der Waals surface area contributed by atoms with Gasteiger partial charge in [-0.2, -0.15) is 13.2 Å². The molecule has 5 rings (SSSR count). The third kappa shape index (κ3) is 5.79. The van der Waals surface area contributed by atoms with Crippen molar-refractivity contribution in [3.05, 3.63) is 95.3 Å². The van der Waals surface area contributed by atoms with Crippen LogP contribution in [0.4, 0.5) is 35.1 Å². The molecule has 208 valence electrons. The molecule has 41 heavy (non-hydrogen) atoms. The molecule has 0 unspecified atom stereocenters. The predicted molar refractivity (Wildman–Crippen MR) is 142 cm³/mol. The summed E-state index contributed by atoms with van der Waals surface area (Å²) >= 11 is 0. The van der Waals surface area contributed by atoms with Gasteiger partial charge < -0.3 is 0 Å². The molecule has 0 heterocycles. The smallest absolute Gasteiger partial charge is 0.206 e. The normalized spacial score (nSPS) is 17.1. The van der Waals surface area contributed by atoms with E-state index in [-0.39, 0.29) is 22.3 Å². The summed E-state index contributed by atoms with van der Waals surface area (Å²) in [4.78, 5) is 0. The summed E-state index contributed by atoms with van der Waals surface area (Å²) in [5, 5.41) is -1.06. The summed E-state index contributed by atoms with van der Waals surface area (Å²) < 4.78 is 112. The van der Waals surface area contributed by atoms with Crippen LogP contribution >= 0.6 is 0 Å². The number of benzene rings is 4. The molecule has 0 saturated heterocycles. The lowest BCUT2D eigenvalue weighted by Crippen LogP contribution is -2.11. The van der Waals surface area contributed by atoms with E-state index in [2.05, 4.69) is 18.4 Å². The van der Waals surface area contributed by atoms with Crippen molar-refractivity contribution in [2.24, 2.45) is 11.8 Å². The van der Waals surface area contributed by atoms with E-state index in [0.29, 0.717) is 23.6 Å². The Morgan fingerprint density at radius 1 is 0.756 bits per heavy atom. The van der Waals surface area contributed by atoms with Gasteiger partial charge in [0, 0.05) is 22.8 Å². The molecule has 1 saturated carbocycles. The second kappa shape index (κ2) is 10.9. The van der Waals surface area contributed by atoms with E-state index in [1.54, 1.807) is 12.1 Å². The van der Waals surface area contributed by atoms with Gasteiger partial charge in [-0.15, -0.1) is 6.58 Å². The zero-order valence-electron chi connectivity index (χ0n) is 21.3. The van der Waals surface area contributed by atoms with E-state index >= 15 is 8.78 Å². The van der Waals surface area contributed by atoms with Crippen LogP contribution in [0.3, 0.4) is 0 Å². The first-order valence-corrected chi connectivity index (χ1v) is 12.7. The van der Waals surface area contributed by atoms with Crippen molar-refractivity contribution in [2.75, 3.05) is 0 Å².